The third-order valence-corrected chi connectivity index (χ3v) is 0.517. The van der Waals surface area contributed by atoms with Gasteiger partial charge < -0.3 is 4.98 Å². The molecular formula is C5H4CdN-. The van der Waals surface area contributed by atoms with E-state index in [4.69, 9.17) is 0 Å². The molecular weight excluding hydrogens is 186 g/mol. The third kappa shape index (κ3) is 2.73. The van der Waals surface area contributed by atoms with Crippen LogP contribution in [0.2, 0.25) is 0 Å². The monoisotopic (exact) mass is 192 g/mol. The molecule has 0 aliphatic rings. The van der Waals surface area contributed by atoms with Crippen LogP contribution in [0.3, 0.4) is 0 Å². The Morgan fingerprint density at radius 2 is 2.14 bits per heavy atom. The van der Waals surface area contributed by atoms with Crippen molar-refractivity contribution in [3.8, 4) is 0 Å². The Labute approximate surface area is 62.9 Å². The van der Waals surface area contributed by atoms with Gasteiger partial charge in [-0.2, -0.15) is 18.2 Å². The summed E-state index contributed by atoms with van der Waals surface area (Å²) >= 11 is 0. The normalized spacial score (nSPS) is 6.86. The van der Waals surface area contributed by atoms with Gasteiger partial charge in [-0.15, -0.1) is 0 Å². The van der Waals surface area contributed by atoms with Gasteiger partial charge in [0.25, 0.3) is 0 Å². The van der Waals surface area contributed by atoms with E-state index in [0.717, 1.165) is 0 Å². The van der Waals surface area contributed by atoms with Gasteiger partial charge in [-0.1, -0.05) is 12.4 Å². The van der Waals surface area contributed by atoms with Gasteiger partial charge in [0.1, 0.15) is 0 Å². The fourth-order valence-corrected chi connectivity index (χ4v) is 0.277. The average molecular weight is 191 g/mol. The van der Waals surface area contributed by atoms with Crippen molar-refractivity contribution in [1.82, 2.24) is 4.98 Å². The molecule has 0 fully saturated rings. The standard InChI is InChI=1S/C5H4N.Cd/c1-2-4-6-5-3-1;/h1-4H;/q-1;. The van der Waals surface area contributed by atoms with E-state index in [-0.39, 0.29) is 27.3 Å². The van der Waals surface area contributed by atoms with Gasteiger partial charge in [-0.25, -0.2) is 0 Å². The Hall–Kier alpha value is 0.0721. The second kappa shape index (κ2) is 4.24. The topological polar surface area (TPSA) is 12.9 Å². The van der Waals surface area contributed by atoms with Crippen molar-refractivity contribution in [3.63, 3.8) is 0 Å². The number of hydrogen-bond acceptors (Lipinski definition) is 1. The number of hydrogen-bond donors (Lipinski definition) is 0. The molecule has 32 valence electrons. The molecule has 0 radical (unpaired) electrons. The quantitative estimate of drug-likeness (QED) is 0.437. The summed E-state index contributed by atoms with van der Waals surface area (Å²) in [5.74, 6) is 0. The molecule has 1 aromatic heterocycles. The first-order valence-corrected chi connectivity index (χ1v) is 1.77. The molecule has 0 aliphatic carbocycles. The van der Waals surface area contributed by atoms with E-state index < -0.39 is 0 Å². The van der Waals surface area contributed by atoms with Crippen LogP contribution < -0.4 is 0 Å². The molecule has 0 amide bonds. The summed E-state index contributed by atoms with van der Waals surface area (Å²) in [6.45, 7) is 0. The number of rotatable bonds is 0. The summed E-state index contributed by atoms with van der Waals surface area (Å²) in [5.41, 5.74) is 0. The molecule has 1 heterocycles. The molecule has 0 atom stereocenters. The van der Waals surface area contributed by atoms with Crippen molar-refractivity contribution in [1.29, 1.82) is 0 Å². The number of nitrogens with zero attached hydrogens (tertiary/aromatic N) is 1. The van der Waals surface area contributed by atoms with Crippen molar-refractivity contribution in [2.24, 2.45) is 0 Å². The number of pyridine rings is 1. The van der Waals surface area contributed by atoms with Crippen molar-refractivity contribution < 1.29 is 27.3 Å². The van der Waals surface area contributed by atoms with Gasteiger partial charge in [0.2, 0.25) is 0 Å². The van der Waals surface area contributed by atoms with E-state index in [9.17, 15) is 0 Å². The van der Waals surface area contributed by atoms with E-state index in [1.807, 2.05) is 12.1 Å². The molecule has 0 spiro atoms. The van der Waals surface area contributed by atoms with Gasteiger partial charge >= 0.3 is 0 Å². The summed E-state index contributed by atoms with van der Waals surface area (Å²) in [5, 5.41) is 0. The van der Waals surface area contributed by atoms with Gasteiger partial charge in [0.15, 0.2) is 0 Å². The minimum atomic E-state index is 0. The molecule has 1 rings (SSSR count). The second-order valence-electron chi connectivity index (χ2n) is 0.959. The van der Waals surface area contributed by atoms with Crippen LogP contribution in [0.4, 0.5) is 0 Å². The van der Waals surface area contributed by atoms with Crippen LogP contribution in [-0.2, 0) is 27.3 Å². The molecule has 0 saturated carbocycles. The zero-order chi connectivity index (χ0) is 4.24. The smallest absolute Gasteiger partial charge is 0 e. The largest absolute Gasteiger partial charge is 0.394 e. The van der Waals surface area contributed by atoms with Crippen molar-refractivity contribution in [3.05, 3.63) is 30.6 Å². The minimum absolute atomic E-state index is 0. The van der Waals surface area contributed by atoms with Crippen LogP contribution in [0.5, 0.6) is 0 Å². The summed E-state index contributed by atoms with van der Waals surface area (Å²) in [4.78, 5) is 3.66. The Morgan fingerprint density at radius 3 is 2.29 bits per heavy atom. The Kier molecular flexibility index (Phi) is 4.28. The van der Waals surface area contributed by atoms with Gasteiger partial charge in [0.05, 0.1) is 0 Å². The van der Waals surface area contributed by atoms with Gasteiger partial charge in [0, 0.05) is 27.3 Å². The van der Waals surface area contributed by atoms with Crippen LogP contribution in [0.15, 0.2) is 24.4 Å². The van der Waals surface area contributed by atoms with E-state index >= 15 is 0 Å². The van der Waals surface area contributed by atoms with E-state index in [1.165, 1.54) is 0 Å². The third-order valence-electron chi connectivity index (χ3n) is 0.517. The van der Waals surface area contributed by atoms with Gasteiger partial charge in [-0.05, 0) is 0 Å². The summed E-state index contributed by atoms with van der Waals surface area (Å²) in [6, 6.07) is 5.50. The van der Waals surface area contributed by atoms with Crippen LogP contribution in [-0.4, -0.2) is 4.98 Å². The zero-order valence-electron chi connectivity index (χ0n) is 3.96. The first-order chi connectivity index (χ1) is 3.00. The molecule has 2 heteroatoms. The Bertz CT molecular complexity index is 80.0. The van der Waals surface area contributed by atoms with Crippen LogP contribution >= 0.6 is 0 Å². The van der Waals surface area contributed by atoms with E-state index in [1.54, 1.807) is 12.3 Å². The molecule has 0 aliphatic heterocycles. The maximum absolute atomic E-state index is 3.66. The molecule has 0 aromatic carbocycles. The Morgan fingerprint density at radius 1 is 1.29 bits per heavy atom. The van der Waals surface area contributed by atoms with Crippen molar-refractivity contribution in [2.75, 3.05) is 0 Å². The maximum Gasteiger partial charge on any atom is 0 e. The molecule has 0 unspecified atom stereocenters. The van der Waals surface area contributed by atoms with Crippen LogP contribution in [0.25, 0.3) is 0 Å². The first-order valence-electron chi connectivity index (χ1n) is 1.77. The maximum atomic E-state index is 3.66. The van der Waals surface area contributed by atoms with Crippen LogP contribution in [0, 0.1) is 6.20 Å². The van der Waals surface area contributed by atoms with Gasteiger partial charge in [-0.3, -0.25) is 0 Å². The van der Waals surface area contributed by atoms with Crippen molar-refractivity contribution in [2.45, 2.75) is 0 Å². The summed E-state index contributed by atoms with van der Waals surface area (Å²) in [7, 11) is 0. The molecule has 0 bridgehead atoms. The van der Waals surface area contributed by atoms with Crippen LogP contribution in [0.1, 0.15) is 0 Å². The number of aromatic nitrogens is 1. The zero-order valence-corrected chi connectivity index (χ0v) is 8.00. The average Bonchev–Trinajstić information content (AvgIpc) is 1.72. The fourth-order valence-electron chi connectivity index (χ4n) is 0.277. The predicted octanol–water partition coefficient (Wildman–Crippen LogP) is 0.879. The molecule has 0 N–H and O–H groups in total. The fraction of sp³-hybridized carbons (Fsp3) is 0. The summed E-state index contributed by atoms with van der Waals surface area (Å²) < 4.78 is 0. The van der Waals surface area contributed by atoms with E-state index in [0.29, 0.717) is 0 Å². The Balaban J connectivity index is 0.000000360. The summed E-state index contributed by atoms with van der Waals surface area (Å²) in [6.07, 6.45) is 4.34. The molecule has 1 nitrogen and oxygen atoms in total. The minimum Gasteiger partial charge on any atom is -0.394 e. The molecule has 1 aromatic rings. The van der Waals surface area contributed by atoms with Crippen molar-refractivity contribution >= 4 is 0 Å². The first kappa shape index (κ1) is 7.07. The van der Waals surface area contributed by atoms with E-state index in [2.05, 4.69) is 11.2 Å². The molecule has 7 heavy (non-hydrogen) atoms. The second-order valence-corrected chi connectivity index (χ2v) is 0.959. The predicted molar refractivity (Wildman–Crippen MR) is 23.1 cm³/mol. The molecule has 0 saturated heterocycles. The SMILES string of the molecule is [Cd].[c-]1ccccn1.